The molecule has 1 rings (SSSR count). The molecule has 0 aromatic heterocycles. The predicted molar refractivity (Wildman–Crippen MR) is 69.9 cm³/mol. The topological polar surface area (TPSA) is 46.2 Å². The Morgan fingerprint density at radius 1 is 1.53 bits per heavy atom. The molecule has 1 aromatic rings. The molecule has 0 radical (unpaired) electrons. The summed E-state index contributed by atoms with van der Waals surface area (Å²) in [7, 11) is 0. The Balaban J connectivity index is 3.07. The lowest BCUT2D eigenvalue weighted by Gasteiger charge is -2.15. The molecule has 2 nitrogen and oxygen atoms in total. The molecule has 0 spiro atoms. The Morgan fingerprint density at radius 2 is 2.13 bits per heavy atom. The van der Waals surface area contributed by atoms with E-state index in [4.69, 9.17) is 5.73 Å². The van der Waals surface area contributed by atoms with Crippen LogP contribution in [0.25, 0.3) is 0 Å². The van der Waals surface area contributed by atoms with Crippen LogP contribution in [0.2, 0.25) is 0 Å². The molecule has 4 heteroatoms. The van der Waals surface area contributed by atoms with Gasteiger partial charge in [0, 0.05) is 16.1 Å². The molecule has 0 aliphatic carbocycles. The fraction of sp³-hybridized carbons (Fsp3) is 0.273. The third-order valence-electron chi connectivity index (χ3n) is 2.03. The molecule has 0 saturated heterocycles. The van der Waals surface area contributed by atoms with E-state index in [1.54, 1.807) is 6.07 Å². The highest BCUT2D eigenvalue weighted by molar-refractivity contribution is 9.11. The van der Waals surface area contributed by atoms with Gasteiger partial charge in [-0.15, -0.1) is 6.58 Å². The van der Waals surface area contributed by atoms with Gasteiger partial charge in [-0.25, -0.2) is 0 Å². The van der Waals surface area contributed by atoms with Gasteiger partial charge in [0.25, 0.3) is 0 Å². The SMILES string of the molecule is C=C(C)C[C@H](N)c1cc(Br)cc(Br)c1O. The van der Waals surface area contributed by atoms with Gasteiger partial charge in [-0.05, 0) is 41.4 Å². The van der Waals surface area contributed by atoms with Gasteiger partial charge >= 0.3 is 0 Å². The van der Waals surface area contributed by atoms with Crippen LogP contribution in [-0.2, 0) is 0 Å². The second kappa shape index (κ2) is 5.14. The zero-order valence-corrected chi connectivity index (χ0v) is 11.6. The first-order valence-corrected chi connectivity index (χ1v) is 6.08. The van der Waals surface area contributed by atoms with Crippen molar-refractivity contribution in [2.24, 2.45) is 5.73 Å². The lowest BCUT2D eigenvalue weighted by atomic mass is 10.0. The molecule has 0 aliphatic heterocycles. The molecular formula is C11H13Br2NO. The molecule has 1 aromatic carbocycles. The first-order valence-electron chi connectivity index (χ1n) is 4.49. The predicted octanol–water partition coefficient (Wildman–Crippen LogP) is 3.88. The number of benzene rings is 1. The van der Waals surface area contributed by atoms with Crippen LogP contribution in [0.15, 0.2) is 33.2 Å². The second-order valence-corrected chi connectivity index (χ2v) is 5.36. The van der Waals surface area contributed by atoms with Crippen molar-refractivity contribution >= 4 is 31.9 Å². The fourth-order valence-corrected chi connectivity index (χ4v) is 2.61. The number of rotatable bonds is 3. The second-order valence-electron chi connectivity index (χ2n) is 3.59. The van der Waals surface area contributed by atoms with E-state index in [9.17, 15) is 5.11 Å². The van der Waals surface area contributed by atoms with Gasteiger partial charge in [0.05, 0.1) is 4.47 Å². The first-order chi connectivity index (χ1) is 6.91. The highest BCUT2D eigenvalue weighted by Gasteiger charge is 2.14. The van der Waals surface area contributed by atoms with Crippen LogP contribution >= 0.6 is 31.9 Å². The normalized spacial score (nSPS) is 12.5. The van der Waals surface area contributed by atoms with Crippen LogP contribution in [-0.4, -0.2) is 5.11 Å². The number of hydrogen-bond donors (Lipinski definition) is 2. The van der Waals surface area contributed by atoms with Crippen LogP contribution in [0, 0.1) is 0 Å². The van der Waals surface area contributed by atoms with E-state index in [1.807, 2.05) is 13.0 Å². The zero-order valence-electron chi connectivity index (χ0n) is 8.43. The maximum Gasteiger partial charge on any atom is 0.134 e. The number of nitrogens with two attached hydrogens (primary N) is 1. The monoisotopic (exact) mass is 333 g/mol. The van der Waals surface area contributed by atoms with Crippen LogP contribution in [0.1, 0.15) is 24.9 Å². The quantitative estimate of drug-likeness (QED) is 0.824. The molecule has 0 unspecified atom stereocenters. The highest BCUT2D eigenvalue weighted by atomic mass is 79.9. The van der Waals surface area contributed by atoms with Crippen molar-refractivity contribution in [2.75, 3.05) is 0 Å². The lowest BCUT2D eigenvalue weighted by molar-refractivity contribution is 0.457. The molecule has 0 heterocycles. The number of halogens is 2. The van der Waals surface area contributed by atoms with Gasteiger partial charge in [0.2, 0.25) is 0 Å². The lowest BCUT2D eigenvalue weighted by Crippen LogP contribution is -2.10. The molecule has 82 valence electrons. The molecule has 3 N–H and O–H groups in total. The van der Waals surface area contributed by atoms with Crippen molar-refractivity contribution in [3.8, 4) is 5.75 Å². The van der Waals surface area contributed by atoms with Gasteiger partial charge in [-0.3, -0.25) is 0 Å². The van der Waals surface area contributed by atoms with Gasteiger partial charge in [-0.1, -0.05) is 21.5 Å². The van der Waals surface area contributed by atoms with E-state index < -0.39 is 0 Å². The van der Waals surface area contributed by atoms with E-state index in [0.29, 0.717) is 10.9 Å². The molecular weight excluding hydrogens is 322 g/mol. The highest BCUT2D eigenvalue weighted by Crippen LogP contribution is 2.35. The summed E-state index contributed by atoms with van der Waals surface area (Å²) in [6.07, 6.45) is 0.663. The molecule has 1 atom stereocenters. The van der Waals surface area contributed by atoms with Crippen LogP contribution < -0.4 is 5.73 Å². The maximum atomic E-state index is 9.83. The molecule has 15 heavy (non-hydrogen) atoms. The minimum atomic E-state index is -0.226. The Labute approximate surface area is 106 Å². The number of aromatic hydroxyl groups is 1. The van der Waals surface area contributed by atoms with Gasteiger partial charge in [0.15, 0.2) is 0 Å². The zero-order chi connectivity index (χ0) is 11.6. The van der Waals surface area contributed by atoms with Gasteiger partial charge in [0.1, 0.15) is 5.75 Å². The smallest absolute Gasteiger partial charge is 0.134 e. The minimum Gasteiger partial charge on any atom is -0.506 e. The third-order valence-corrected chi connectivity index (χ3v) is 3.09. The summed E-state index contributed by atoms with van der Waals surface area (Å²) in [5.41, 5.74) is 7.69. The summed E-state index contributed by atoms with van der Waals surface area (Å²) in [6.45, 7) is 5.73. The standard InChI is InChI=1S/C11H13Br2NO/c1-6(2)3-10(14)8-4-7(12)5-9(13)11(8)15/h4-5,10,15H,1,3,14H2,2H3/t10-/m0/s1. The number of phenols is 1. The van der Waals surface area contributed by atoms with Crippen molar-refractivity contribution in [3.05, 3.63) is 38.8 Å². The Hall–Kier alpha value is -0.320. The van der Waals surface area contributed by atoms with E-state index in [-0.39, 0.29) is 11.8 Å². The average molecular weight is 335 g/mol. The Bertz CT molecular complexity index is 390. The summed E-state index contributed by atoms with van der Waals surface area (Å²) in [6, 6.07) is 3.39. The summed E-state index contributed by atoms with van der Waals surface area (Å²) in [5, 5.41) is 9.83. The average Bonchev–Trinajstić information content (AvgIpc) is 2.09. The van der Waals surface area contributed by atoms with Crippen molar-refractivity contribution < 1.29 is 5.11 Å². The van der Waals surface area contributed by atoms with E-state index in [0.717, 1.165) is 15.6 Å². The molecule has 0 aliphatic rings. The van der Waals surface area contributed by atoms with Crippen LogP contribution in [0.5, 0.6) is 5.75 Å². The van der Waals surface area contributed by atoms with Crippen LogP contribution in [0.4, 0.5) is 0 Å². The van der Waals surface area contributed by atoms with Crippen molar-refractivity contribution in [1.29, 1.82) is 0 Å². The van der Waals surface area contributed by atoms with Crippen molar-refractivity contribution in [2.45, 2.75) is 19.4 Å². The van der Waals surface area contributed by atoms with Gasteiger partial charge < -0.3 is 10.8 Å². The first kappa shape index (κ1) is 12.7. The minimum absolute atomic E-state index is 0.201. The molecule has 0 fully saturated rings. The third kappa shape index (κ3) is 3.33. The van der Waals surface area contributed by atoms with E-state index in [2.05, 4.69) is 38.4 Å². The Kier molecular flexibility index (Phi) is 4.37. The Morgan fingerprint density at radius 3 is 2.67 bits per heavy atom. The molecule has 0 saturated carbocycles. The maximum absolute atomic E-state index is 9.83. The number of phenolic OH excluding ortho intramolecular Hbond substituents is 1. The van der Waals surface area contributed by atoms with Crippen molar-refractivity contribution in [3.63, 3.8) is 0 Å². The molecule has 0 amide bonds. The summed E-state index contributed by atoms with van der Waals surface area (Å²) in [5.74, 6) is 0.201. The largest absolute Gasteiger partial charge is 0.506 e. The van der Waals surface area contributed by atoms with E-state index >= 15 is 0 Å². The van der Waals surface area contributed by atoms with E-state index in [1.165, 1.54) is 0 Å². The fourth-order valence-electron chi connectivity index (χ4n) is 1.35. The van der Waals surface area contributed by atoms with Gasteiger partial charge in [-0.2, -0.15) is 0 Å². The summed E-state index contributed by atoms with van der Waals surface area (Å²) in [4.78, 5) is 0. The van der Waals surface area contributed by atoms with Crippen molar-refractivity contribution in [1.82, 2.24) is 0 Å². The summed E-state index contributed by atoms with van der Waals surface area (Å²) >= 11 is 6.64. The number of hydrogen-bond acceptors (Lipinski definition) is 2. The molecule has 0 bridgehead atoms. The van der Waals surface area contributed by atoms with Crippen LogP contribution in [0.3, 0.4) is 0 Å². The summed E-state index contributed by atoms with van der Waals surface area (Å²) < 4.78 is 1.53.